The molecule has 2 N–H and O–H groups in total. The molecular formula is C22H15Br2N3O5. The van der Waals surface area contributed by atoms with Gasteiger partial charge < -0.3 is 19.2 Å². The van der Waals surface area contributed by atoms with E-state index in [0.717, 1.165) is 0 Å². The zero-order valence-electron chi connectivity index (χ0n) is 16.3. The fourth-order valence-electron chi connectivity index (χ4n) is 2.75. The zero-order chi connectivity index (χ0) is 22.5. The van der Waals surface area contributed by atoms with Crippen molar-refractivity contribution in [3.8, 4) is 11.5 Å². The molecule has 0 saturated heterocycles. The lowest BCUT2D eigenvalue weighted by Gasteiger charge is -2.09. The summed E-state index contributed by atoms with van der Waals surface area (Å²) >= 11 is 6.53. The van der Waals surface area contributed by atoms with Crippen LogP contribution in [0, 0.1) is 0 Å². The van der Waals surface area contributed by atoms with Crippen LogP contribution in [0.2, 0.25) is 0 Å². The van der Waals surface area contributed by atoms with Gasteiger partial charge in [0.25, 0.3) is 11.8 Å². The summed E-state index contributed by atoms with van der Waals surface area (Å²) in [4.78, 5) is 25.4. The van der Waals surface area contributed by atoms with Crippen molar-refractivity contribution in [2.24, 2.45) is 5.10 Å². The Morgan fingerprint density at radius 2 is 1.78 bits per heavy atom. The van der Waals surface area contributed by atoms with Gasteiger partial charge in [0, 0.05) is 11.6 Å². The van der Waals surface area contributed by atoms with Crippen molar-refractivity contribution >= 4 is 56.0 Å². The first-order chi connectivity index (χ1) is 15.5. The van der Waals surface area contributed by atoms with Crippen molar-refractivity contribution in [2.75, 3.05) is 6.79 Å². The van der Waals surface area contributed by atoms with E-state index in [1.54, 1.807) is 54.6 Å². The molecule has 0 unspecified atom stereocenters. The summed E-state index contributed by atoms with van der Waals surface area (Å²) in [6.07, 6.45) is 2.86. The minimum atomic E-state index is -0.618. The third kappa shape index (κ3) is 5.27. The van der Waals surface area contributed by atoms with E-state index in [4.69, 9.17) is 13.9 Å². The van der Waals surface area contributed by atoms with Gasteiger partial charge in [-0.05, 0) is 67.8 Å². The van der Waals surface area contributed by atoms with E-state index in [1.807, 2.05) is 0 Å². The van der Waals surface area contributed by atoms with Gasteiger partial charge in [0.05, 0.1) is 10.7 Å². The van der Waals surface area contributed by atoms with Gasteiger partial charge in [0.15, 0.2) is 16.2 Å². The molecular weight excluding hydrogens is 546 g/mol. The Hall–Kier alpha value is -3.37. The molecule has 1 aromatic heterocycles. The molecule has 2 aromatic carbocycles. The number of fused-ring (bicyclic) bond motifs is 1. The van der Waals surface area contributed by atoms with Crippen molar-refractivity contribution in [1.82, 2.24) is 10.7 Å². The second-order valence-corrected chi connectivity index (χ2v) is 8.03. The fraction of sp³-hybridized carbons (Fsp3) is 0.0455. The molecule has 1 aliphatic rings. The lowest BCUT2D eigenvalue weighted by molar-refractivity contribution is -0.117. The van der Waals surface area contributed by atoms with Gasteiger partial charge in [-0.3, -0.25) is 9.59 Å². The molecule has 32 heavy (non-hydrogen) atoms. The fourth-order valence-corrected chi connectivity index (χ4v) is 3.36. The van der Waals surface area contributed by atoms with E-state index in [0.29, 0.717) is 37.5 Å². The first kappa shape index (κ1) is 21.8. The first-order valence-corrected chi connectivity index (χ1v) is 10.8. The number of carbonyl (C=O) groups excluding carboxylic acids is 2. The first-order valence-electron chi connectivity index (χ1n) is 9.25. The molecule has 0 saturated carbocycles. The highest BCUT2D eigenvalue weighted by atomic mass is 79.9. The molecule has 0 fully saturated rings. The average Bonchev–Trinajstić information content (AvgIpc) is 3.39. The molecule has 2 amide bonds. The van der Waals surface area contributed by atoms with Crippen LogP contribution in [0.1, 0.15) is 21.7 Å². The number of furan rings is 1. The molecule has 8 nitrogen and oxygen atoms in total. The molecule has 1 aliphatic heterocycles. The number of halogens is 2. The van der Waals surface area contributed by atoms with Crippen LogP contribution in [-0.4, -0.2) is 24.8 Å². The van der Waals surface area contributed by atoms with Gasteiger partial charge in [-0.2, -0.15) is 5.10 Å². The van der Waals surface area contributed by atoms with E-state index in [2.05, 4.69) is 47.7 Å². The molecule has 0 spiro atoms. The van der Waals surface area contributed by atoms with Gasteiger partial charge in [-0.1, -0.05) is 24.3 Å². The van der Waals surface area contributed by atoms with Crippen molar-refractivity contribution in [3.63, 3.8) is 0 Å². The van der Waals surface area contributed by atoms with E-state index >= 15 is 0 Å². The van der Waals surface area contributed by atoms with Crippen LogP contribution in [-0.2, 0) is 4.79 Å². The minimum absolute atomic E-state index is 0.00308. The number of hydrogen-bond donors (Lipinski definition) is 2. The van der Waals surface area contributed by atoms with E-state index in [-0.39, 0.29) is 12.5 Å². The van der Waals surface area contributed by atoms with Crippen LogP contribution in [0.3, 0.4) is 0 Å². The highest BCUT2D eigenvalue weighted by Gasteiger charge is 2.17. The van der Waals surface area contributed by atoms with Crippen LogP contribution in [0.25, 0.3) is 6.08 Å². The number of nitrogens with one attached hydrogen (secondary N) is 2. The van der Waals surface area contributed by atoms with Crippen molar-refractivity contribution in [1.29, 1.82) is 0 Å². The number of hydrogen-bond acceptors (Lipinski definition) is 6. The predicted molar refractivity (Wildman–Crippen MR) is 124 cm³/mol. The van der Waals surface area contributed by atoms with Crippen LogP contribution in [0.5, 0.6) is 11.5 Å². The average molecular weight is 561 g/mol. The highest BCUT2D eigenvalue weighted by molar-refractivity contribution is 9.13. The lowest BCUT2D eigenvalue weighted by Crippen LogP contribution is -2.32. The summed E-state index contributed by atoms with van der Waals surface area (Å²) in [5.41, 5.74) is 3.43. The van der Waals surface area contributed by atoms with Crippen molar-refractivity contribution in [2.45, 2.75) is 0 Å². The topological polar surface area (TPSA) is 102 Å². The molecule has 0 aliphatic carbocycles. The number of rotatable bonds is 6. The smallest absolute Gasteiger partial charge is 0.287 e. The summed E-state index contributed by atoms with van der Waals surface area (Å²) in [5, 5.41) is 6.54. The summed E-state index contributed by atoms with van der Waals surface area (Å²) in [7, 11) is 0. The number of amides is 2. The Morgan fingerprint density at radius 3 is 2.53 bits per heavy atom. The van der Waals surface area contributed by atoms with Crippen LogP contribution in [0.15, 0.2) is 79.0 Å². The Balaban J connectivity index is 1.56. The molecule has 0 bridgehead atoms. The van der Waals surface area contributed by atoms with Crippen LogP contribution in [0.4, 0.5) is 0 Å². The van der Waals surface area contributed by atoms with Crippen LogP contribution < -0.4 is 20.2 Å². The number of benzene rings is 2. The van der Waals surface area contributed by atoms with Crippen LogP contribution >= 0.6 is 31.9 Å². The van der Waals surface area contributed by atoms with E-state index < -0.39 is 11.8 Å². The minimum Gasteiger partial charge on any atom is -0.454 e. The standard InChI is InChI=1S/C22H15Br2N3O5/c23-16-10-15(32-20(16)24)11-25-27-22(29)17(26-21(28)14-4-2-1-3-5-14)8-13-6-7-18-19(9-13)31-12-30-18/h1-11H,12H2,(H,26,28)(H,27,29). The number of ether oxygens (including phenoxy) is 2. The third-order valence-corrected chi connectivity index (χ3v) is 5.97. The van der Waals surface area contributed by atoms with Gasteiger partial charge in [0.1, 0.15) is 11.5 Å². The Bertz CT molecular complexity index is 1200. The summed E-state index contributed by atoms with van der Waals surface area (Å²) < 4.78 is 17.3. The van der Waals surface area contributed by atoms with Crippen molar-refractivity contribution in [3.05, 3.63) is 86.3 Å². The Labute approximate surface area is 199 Å². The predicted octanol–water partition coefficient (Wildman–Crippen LogP) is 4.45. The maximum atomic E-state index is 12.8. The maximum absolute atomic E-state index is 12.8. The Morgan fingerprint density at radius 1 is 1.00 bits per heavy atom. The normalized spacial score (nSPS) is 12.8. The maximum Gasteiger partial charge on any atom is 0.287 e. The number of carbonyl (C=O) groups is 2. The lowest BCUT2D eigenvalue weighted by atomic mass is 10.1. The second-order valence-electron chi connectivity index (χ2n) is 6.46. The molecule has 0 atom stereocenters. The number of hydrazone groups is 1. The third-order valence-electron chi connectivity index (χ3n) is 4.26. The van der Waals surface area contributed by atoms with E-state index in [9.17, 15) is 9.59 Å². The van der Waals surface area contributed by atoms with Gasteiger partial charge in [-0.25, -0.2) is 5.43 Å². The number of nitrogens with zero attached hydrogens (tertiary/aromatic N) is 1. The quantitative estimate of drug-likeness (QED) is 0.263. The monoisotopic (exact) mass is 559 g/mol. The van der Waals surface area contributed by atoms with E-state index in [1.165, 1.54) is 12.3 Å². The van der Waals surface area contributed by atoms with Crippen molar-refractivity contribution < 1.29 is 23.5 Å². The molecule has 2 heterocycles. The largest absolute Gasteiger partial charge is 0.454 e. The van der Waals surface area contributed by atoms with Gasteiger partial charge in [-0.15, -0.1) is 0 Å². The summed E-state index contributed by atoms with van der Waals surface area (Å²) in [5.74, 6) is 0.531. The van der Waals surface area contributed by atoms with Gasteiger partial charge in [0.2, 0.25) is 6.79 Å². The zero-order valence-corrected chi connectivity index (χ0v) is 19.5. The second kappa shape index (κ2) is 9.84. The highest BCUT2D eigenvalue weighted by Crippen LogP contribution is 2.33. The molecule has 0 radical (unpaired) electrons. The SMILES string of the molecule is O=C(NN=Cc1cc(Br)c(Br)o1)C(=Cc1ccc2c(c1)OCO2)NC(=O)c1ccccc1. The Kier molecular flexibility index (Phi) is 6.72. The van der Waals surface area contributed by atoms with Gasteiger partial charge >= 0.3 is 0 Å². The summed E-state index contributed by atoms with van der Waals surface area (Å²) in [6.45, 7) is 0.133. The summed E-state index contributed by atoms with van der Waals surface area (Å²) in [6, 6.07) is 15.4. The molecule has 10 heteroatoms. The molecule has 4 rings (SSSR count). The molecule has 3 aromatic rings. The molecule has 162 valence electrons.